The first-order valence-corrected chi connectivity index (χ1v) is 8.38. The molecule has 124 valence electrons. The Morgan fingerprint density at radius 1 is 1.32 bits per heavy atom. The largest absolute Gasteiger partial charge is 0.327 e. The van der Waals surface area contributed by atoms with Crippen LogP contribution in [0.1, 0.15) is 20.3 Å². The van der Waals surface area contributed by atoms with Gasteiger partial charge in [-0.15, -0.1) is 12.4 Å². The van der Waals surface area contributed by atoms with Gasteiger partial charge in [-0.3, -0.25) is 4.79 Å². The highest BCUT2D eigenvalue weighted by Crippen LogP contribution is 2.24. The van der Waals surface area contributed by atoms with Crippen LogP contribution in [0.5, 0.6) is 0 Å². The van der Waals surface area contributed by atoms with E-state index in [9.17, 15) is 13.2 Å². The summed E-state index contributed by atoms with van der Waals surface area (Å²) in [7, 11) is -3.50. The van der Waals surface area contributed by atoms with E-state index in [1.54, 1.807) is 12.1 Å². The number of nitrogens with one attached hydrogen (secondary N) is 1. The molecule has 0 spiro atoms. The fourth-order valence-corrected chi connectivity index (χ4v) is 3.96. The number of amides is 1. The van der Waals surface area contributed by atoms with Crippen LogP contribution in [0.2, 0.25) is 0 Å². The fourth-order valence-electron chi connectivity index (χ4n) is 2.41. The Bertz CT molecular complexity index is 619. The van der Waals surface area contributed by atoms with Crippen LogP contribution in [-0.2, 0) is 14.8 Å². The average Bonchev–Trinajstić information content (AvgIpc) is 2.41. The molecule has 1 aromatic carbocycles. The fraction of sp³-hybridized carbons (Fsp3) is 0.500. The number of halogens is 1. The molecule has 1 saturated heterocycles. The number of nitrogens with two attached hydrogens (primary N) is 1. The van der Waals surface area contributed by atoms with Crippen molar-refractivity contribution in [3.05, 3.63) is 24.3 Å². The molecule has 6 nitrogen and oxygen atoms in total. The van der Waals surface area contributed by atoms with Crippen molar-refractivity contribution in [2.45, 2.75) is 31.2 Å². The first kappa shape index (κ1) is 18.9. The van der Waals surface area contributed by atoms with Gasteiger partial charge in [-0.25, -0.2) is 8.42 Å². The summed E-state index contributed by atoms with van der Waals surface area (Å²) in [6.07, 6.45) is 0.671. The highest BCUT2D eigenvalue weighted by Gasteiger charge is 2.31. The number of sulfonamides is 1. The van der Waals surface area contributed by atoms with Crippen molar-refractivity contribution in [3.8, 4) is 0 Å². The number of hydrogen-bond acceptors (Lipinski definition) is 4. The van der Waals surface area contributed by atoms with E-state index in [0.29, 0.717) is 25.2 Å². The Balaban J connectivity index is 0.00000242. The van der Waals surface area contributed by atoms with Crippen molar-refractivity contribution in [1.29, 1.82) is 0 Å². The van der Waals surface area contributed by atoms with Crippen LogP contribution in [0.15, 0.2) is 29.2 Å². The number of rotatable bonds is 3. The minimum absolute atomic E-state index is 0. The molecule has 1 aliphatic heterocycles. The van der Waals surface area contributed by atoms with Crippen molar-refractivity contribution in [2.24, 2.45) is 11.7 Å². The predicted octanol–water partition coefficient (Wildman–Crippen LogP) is 1.42. The van der Waals surface area contributed by atoms with Crippen LogP contribution in [0.4, 0.5) is 5.69 Å². The first-order chi connectivity index (χ1) is 9.80. The minimum Gasteiger partial charge on any atom is -0.327 e. The summed E-state index contributed by atoms with van der Waals surface area (Å²) in [5.41, 5.74) is 6.51. The third-order valence-electron chi connectivity index (χ3n) is 3.75. The molecule has 1 heterocycles. The third-order valence-corrected chi connectivity index (χ3v) is 5.63. The SMILES string of the molecule is CC(=O)Nc1ccc(S(=O)(=O)N2CCC(N)C(C)C2)cc1.Cl. The summed E-state index contributed by atoms with van der Waals surface area (Å²) in [6.45, 7) is 4.26. The molecule has 1 fully saturated rings. The second kappa shape index (κ2) is 7.41. The standard InChI is InChI=1S/C14H21N3O3S.ClH/c1-10-9-17(8-7-14(10)15)21(19,20)13-5-3-12(4-6-13)16-11(2)18;/h3-6,10,14H,7-9,15H2,1-2H3,(H,16,18);1H. The molecule has 2 atom stereocenters. The maximum Gasteiger partial charge on any atom is 0.243 e. The second-order valence-corrected chi connectivity index (χ2v) is 7.44. The van der Waals surface area contributed by atoms with Crippen LogP contribution >= 0.6 is 12.4 Å². The number of benzene rings is 1. The zero-order chi connectivity index (χ0) is 15.6. The van der Waals surface area contributed by atoms with E-state index in [1.807, 2.05) is 6.92 Å². The Morgan fingerprint density at radius 3 is 2.41 bits per heavy atom. The lowest BCUT2D eigenvalue weighted by molar-refractivity contribution is -0.114. The zero-order valence-electron chi connectivity index (χ0n) is 12.7. The number of piperidine rings is 1. The van der Waals surface area contributed by atoms with Gasteiger partial charge in [-0.1, -0.05) is 6.92 Å². The molecule has 0 aliphatic carbocycles. The molecular formula is C14H22ClN3O3S. The number of anilines is 1. The molecule has 2 unspecified atom stereocenters. The van der Waals surface area contributed by atoms with Crippen LogP contribution < -0.4 is 11.1 Å². The lowest BCUT2D eigenvalue weighted by Crippen LogP contribution is -2.48. The molecule has 8 heteroatoms. The Hall–Kier alpha value is -1.15. The van der Waals surface area contributed by atoms with Gasteiger partial charge >= 0.3 is 0 Å². The maximum atomic E-state index is 12.6. The van der Waals surface area contributed by atoms with Crippen molar-refractivity contribution in [3.63, 3.8) is 0 Å². The number of nitrogens with zero attached hydrogens (tertiary/aromatic N) is 1. The van der Waals surface area contributed by atoms with Gasteiger partial charge in [0.05, 0.1) is 4.90 Å². The molecule has 3 N–H and O–H groups in total. The van der Waals surface area contributed by atoms with Crippen molar-refractivity contribution < 1.29 is 13.2 Å². The van der Waals surface area contributed by atoms with Gasteiger partial charge in [-0.05, 0) is 36.6 Å². The number of carbonyl (C=O) groups is 1. The van der Waals surface area contributed by atoms with Crippen LogP contribution in [0.3, 0.4) is 0 Å². The van der Waals surface area contributed by atoms with Crippen molar-refractivity contribution in [2.75, 3.05) is 18.4 Å². The summed E-state index contributed by atoms with van der Waals surface area (Å²) in [5.74, 6) is -0.0448. The lowest BCUT2D eigenvalue weighted by atomic mass is 9.96. The summed E-state index contributed by atoms with van der Waals surface area (Å²) < 4.78 is 26.6. The van der Waals surface area contributed by atoms with E-state index in [2.05, 4.69) is 5.32 Å². The van der Waals surface area contributed by atoms with Gasteiger partial charge in [0.1, 0.15) is 0 Å². The Labute approximate surface area is 137 Å². The summed E-state index contributed by atoms with van der Waals surface area (Å²) in [6, 6.07) is 6.26. The summed E-state index contributed by atoms with van der Waals surface area (Å²) in [4.78, 5) is 11.2. The highest BCUT2D eigenvalue weighted by atomic mass is 35.5. The third kappa shape index (κ3) is 4.19. The van der Waals surface area contributed by atoms with Crippen LogP contribution in [-0.4, -0.2) is 37.8 Å². The van der Waals surface area contributed by atoms with E-state index in [1.165, 1.54) is 23.4 Å². The monoisotopic (exact) mass is 347 g/mol. The molecule has 2 rings (SSSR count). The van der Waals surface area contributed by atoms with Gasteiger partial charge in [-0.2, -0.15) is 4.31 Å². The second-order valence-electron chi connectivity index (χ2n) is 5.50. The first-order valence-electron chi connectivity index (χ1n) is 6.94. The predicted molar refractivity (Wildman–Crippen MR) is 88.5 cm³/mol. The molecule has 1 aromatic rings. The van der Waals surface area contributed by atoms with Crippen LogP contribution in [0.25, 0.3) is 0 Å². The smallest absolute Gasteiger partial charge is 0.243 e. The Kier molecular flexibility index (Phi) is 6.37. The van der Waals surface area contributed by atoms with Gasteiger partial charge in [0.15, 0.2) is 0 Å². The van der Waals surface area contributed by atoms with Gasteiger partial charge < -0.3 is 11.1 Å². The van der Waals surface area contributed by atoms with Crippen molar-refractivity contribution >= 4 is 34.0 Å². The normalized spacial score (nSPS) is 22.7. The molecular weight excluding hydrogens is 326 g/mol. The van der Waals surface area contributed by atoms with Gasteiger partial charge in [0, 0.05) is 31.7 Å². The van der Waals surface area contributed by atoms with Gasteiger partial charge in [0.2, 0.25) is 15.9 Å². The zero-order valence-corrected chi connectivity index (χ0v) is 14.3. The number of hydrogen-bond donors (Lipinski definition) is 2. The lowest BCUT2D eigenvalue weighted by Gasteiger charge is -2.34. The molecule has 22 heavy (non-hydrogen) atoms. The summed E-state index contributed by atoms with van der Waals surface area (Å²) >= 11 is 0. The molecule has 0 bridgehead atoms. The van der Waals surface area contributed by atoms with E-state index in [-0.39, 0.29) is 35.2 Å². The highest BCUT2D eigenvalue weighted by molar-refractivity contribution is 7.89. The minimum atomic E-state index is -3.50. The average molecular weight is 348 g/mol. The Morgan fingerprint density at radius 2 is 1.91 bits per heavy atom. The van der Waals surface area contributed by atoms with Crippen molar-refractivity contribution in [1.82, 2.24) is 4.31 Å². The van der Waals surface area contributed by atoms with E-state index in [4.69, 9.17) is 5.73 Å². The quantitative estimate of drug-likeness (QED) is 0.865. The van der Waals surface area contributed by atoms with E-state index >= 15 is 0 Å². The molecule has 1 aliphatic rings. The molecule has 0 radical (unpaired) electrons. The summed E-state index contributed by atoms with van der Waals surface area (Å²) in [5, 5.41) is 2.61. The molecule has 0 saturated carbocycles. The molecule has 1 amide bonds. The topological polar surface area (TPSA) is 92.5 Å². The maximum absolute atomic E-state index is 12.6. The number of carbonyl (C=O) groups excluding carboxylic acids is 1. The van der Waals surface area contributed by atoms with Crippen LogP contribution in [0, 0.1) is 5.92 Å². The molecule has 0 aromatic heterocycles. The van der Waals surface area contributed by atoms with Gasteiger partial charge in [0.25, 0.3) is 0 Å². The van der Waals surface area contributed by atoms with E-state index < -0.39 is 10.0 Å². The van der Waals surface area contributed by atoms with E-state index in [0.717, 1.165) is 0 Å².